The minimum atomic E-state index is -3.72. The zero-order valence-corrected chi connectivity index (χ0v) is 18.9. The molecule has 2 aromatic rings. The molecule has 0 aliphatic carbocycles. The molecule has 1 amide bonds. The molecule has 1 saturated heterocycles. The van der Waals surface area contributed by atoms with Crippen molar-refractivity contribution >= 4 is 39.3 Å². The Bertz CT molecular complexity index is 972. The fraction of sp³-hybridized carbons (Fsp3) is 0.381. The summed E-state index contributed by atoms with van der Waals surface area (Å²) in [7, 11) is -3.72. The van der Waals surface area contributed by atoms with Gasteiger partial charge in [-0.1, -0.05) is 30.2 Å². The van der Waals surface area contributed by atoms with Crippen LogP contribution in [0.1, 0.15) is 48.1 Å². The molecule has 0 bridgehead atoms. The van der Waals surface area contributed by atoms with E-state index in [2.05, 4.69) is 5.32 Å². The first kappa shape index (κ1) is 22.2. The number of sulfonamides is 1. The average molecular weight is 453 g/mol. The molecule has 0 aromatic heterocycles. The van der Waals surface area contributed by atoms with Crippen molar-refractivity contribution in [3.8, 4) is 0 Å². The Morgan fingerprint density at radius 1 is 1.10 bits per heavy atom. The lowest BCUT2D eigenvalue weighted by Gasteiger charge is -2.26. The van der Waals surface area contributed by atoms with Gasteiger partial charge in [-0.15, -0.1) is 11.8 Å². The van der Waals surface area contributed by atoms with Gasteiger partial charge in [-0.2, -0.15) is 4.31 Å². The van der Waals surface area contributed by atoms with Gasteiger partial charge in [0.25, 0.3) is 5.91 Å². The number of carbonyl (C=O) groups excluding carboxylic acids is 1. The van der Waals surface area contributed by atoms with Crippen LogP contribution in [-0.4, -0.2) is 38.0 Å². The molecule has 1 fully saturated rings. The molecule has 1 aliphatic rings. The summed E-state index contributed by atoms with van der Waals surface area (Å²) in [5.41, 5.74) is 1.25. The average Bonchev–Trinajstić information content (AvgIpc) is 2.74. The number of halogens is 1. The lowest BCUT2D eigenvalue weighted by molar-refractivity contribution is 0.0939. The third kappa shape index (κ3) is 5.15. The van der Waals surface area contributed by atoms with E-state index in [1.807, 2.05) is 37.4 Å². The van der Waals surface area contributed by atoms with E-state index in [1.165, 1.54) is 16.4 Å². The highest BCUT2D eigenvalue weighted by atomic mass is 35.5. The van der Waals surface area contributed by atoms with Crippen LogP contribution in [0.5, 0.6) is 0 Å². The van der Waals surface area contributed by atoms with Gasteiger partial charge in [0.15, 0.2) is 0 Å². The molecule has 1 aliphatic heterocycles. The minimum absolute atomic E-state index is 0.00862. The van der Waals surface area contributed by atoms with Crippen molar-refractivity contribution < 1.29 is 13.2 Å². The lowest BCUT2D eigenvalue weighted by atomic mass is 10.1. The van der Waals surface area contributed by atoms with Crippen molar-refractivity contribution in [3.63, 3.8) is 0 Å². The van der Waals surface area contributed by atoms with Gasteiger partial charge in [-0.05, 0) is 61.9 Å². The van der Waals surface area contributed by atoms with Crippen molar-refractivity contribution in [3.05, 3.63) is 58.6 Å². The topological polar surface area (TPSA) is 66.5 Å². The van der Waals surface area contributed by atoms with Crippen LogP contribution in [-0.2, 0) is 10.0 Å². The molecule has 3 rings (SSSR count). The fourth-order valence-corrected chi connectivity index (χ4v) is 5.77. The van der Waals surface area contributed by atoms with Crippen LogP contribution >= 0.6 is 23.4 Å². The quantitative estimate of drug-likeness (QED) is 0.643. The second kappa shape index (κ2) is 9.51. The van der Waals surface area contributed by atoms with E-state index in [0.29, 0.717) is 13.1 Å². The number of nitrogens with zero attached hydrogens (tertiary/aromatic N) is 1. The van der Waals surface area contributed by atoms with Gasteiger partial charge in [0.2, 0.25) is 10.0 Å². The van der Waals surface area contributed by atoms with Gasteiger partial charge in [0.05, 0.1) is 11.1 Å². The van der Waals surface area contributed by atoms with Crippen molar-refractivity contribution in [2.75, 3.05) is 19.3 Å². The molecule has 29 heavy (non-hydrogen) atoms. The molecule has 156 valence electrons. The second-order valence-electron chi connectivity index (χ2n) is 7.08. The number of rotatable bonds is 6. The van der Waals surface area contributed by atoms with Crippen LogP contribution in [0.3, 0.4) is 0 Å². The summed E-state index contributed by atoms with van der Waals surface area (Å²) in [4.78, 5) is 13.9. The molecule has 8 heteroatoms. The maximum absolute atomic E-state index is 13.0. The Balaban J connectivity index is 1.79. The number of benzene rings is 2. The number of hydrogen-bond donors (Lipinski definition) is 1. The van der Waals surface area contributed by atoms with Gasteiger partial charge in [0, 0.05) is 23.5 Å². The summed E-state index contributed by atoms with van der Waals surface area (Å²) in [5, 5.41) is 3.06. The van der Waals surface area contributed by atoms with Crippen LogP contribution in [0.15, 0.2) is 52.3 Å². The van der Waals surface area contributed by atoms with Crippen LogP contribution < -0.4 is 5.32 Å². The zero-order valence-electron chi connectivity index (χ0n) is 16.5. The van der Waals surface area contributed by atoms with E-state index < -0.39 is 10.0 Å². The normalized spacial score (nSPS) is 16.4. The molecule has 5 nitrogen and oxygen atoms in total. The van der Waals surface area contributed by atoms with Gasteiger partial charge < -0.3 is 5.32 Å². The molecular formula is C21H25ClN2O3S2. The molecule has 1 unspecified atom stereocenters. The lowest BCUT2D eigenvalue weighted by Crippen LogP contribution is -2.36. The summed E-state index contributed by atoms with van der Waals surface area (Å²) >= 11 is 7.85. The Hall–Kier alpha value is -1.54. The van der Waals surface area contributed by atoms with Crippen molar-refractivity contribution in [1.82, 2.24) is 9.62 Å². The standard InChI is InChI=1S/C21H25ClN2O3S2/c1-15(16-6-9-18(28-2)10-7-16)23-21(25)17-8-11-19(22)20(14-17)29(26,27)24-12-4-3-5-13-24/h6-11,14-15H,3-5,12-13H2,1-2H3,(H,23,25). The zero-order chi connectivity index (χ0) is 21.0. The summed E-state index contributed by atoms with van der Waals surface area (Å²) in [6.45, 7) is 2.86. The van der Waals surface area contributed by atoms with Gasteiger partial charge in [-0.3, -0.25) is 4.79 Å². The summed E-state index contributed by atoms with van der Waals surface area (Å²) in [5.74, 6) is -0.335. The molecule has 1 atom stereocenters. The first-order valence-corrected chi connectivity index (χ1v) is 12.6. The van der Waals surface area contributed by atoms with Crippen LogP contribution in [0.4, 0.5) is 0 Å². The third-order valence-electron chi connectivity index (χ3n) is 5.09. The SMILES string of the molecule is CSc1ccc(C(C)NC(=O)c2ccc(Cl)c(S(=O)(=O)N3CCCCC3)c2)cc1. The van der Waals surface area contributed by atoms with E-state index in [0.717, 1.165) is 29.7 Å². The molecular weight excluding hydrogens is 428 g/mol. The van der Waals surface area contributed by atoms with Gasteiger partial charge in [-0.25, -0.2) is 8.42 Å². The van der Waals surface area contributed by atoms with Crippen LogP contribution in [0, 0.1) is 0 Å². The van der Waals surface area contributed by atoms with Gasteiger partial charge >= 0.3 is 0 Å². The monoisotopic (exact) mass is 452 g/mol. The summed E-state index contributed by atoms with van der Waals surface area (Å²) in [6, 6.07) is 12.2. The minimum Gasteiger partial charge on any atom is -0.346 e. The first-order chi connectivity index (χ1) is 13.8. The Kier molecular flexibility index (Phi) is 7.27. The van der Waals surface area contributed by atoms with Crippen molar-refractivity contribution in [1.29, 1.82) is 0 Å². The predicted molar refractivity (Wildman–Crippen MR) is 118 cm³/mol. The van der Waals surface area contributed by atoms with E-state index >= 15 is 0 Å². The molecule has 1 heterocycles. The predicted octanol–water partition coefficient (Wildman–Crippen LogP) is 4.73. The van der Waals surface area contributed by atoms with Crippen LogP contribution in [0.25, 0.3) is 0 Å². The highest BCUT2D eigenvalue weighted by Gasteiger charge is 2.29. The Morgan fingerprint density at radius 2 is 1.76 bits per heavy atom. The largest absolute Gasteiger partial charge is 0.346 e. The number of carbonyl (C=O) groups is 1. The third-order valence-corrected chi connectivity index (χ3v) is 8.21. The van der Waals surface area contributed by atoms with E-state index in [9.17, 15) is 13.2 Å². The molecule has 0 saturated carbocycles. The first-order valence-electron chi connectivity index (χ1n) is 9.57. The Labute approximate surface area is 181 Å². The van der Waals surface area contributed by atoms with Gasteiger partial charge in [0.1, 0.15) is 4.90 Å². The number of hydrogen-bond acceptors (Lipinski definition) is 4. The molecule has 1 N–H and O–H groups in total. The Morgan fingerprint density at radius 3 is 2.38 bits per heavy atom. The highest BCUT2D eigenvalue weighted by molar-refractivity contribution is 7.98. The highest BCUT2D eigenvalue weighted by Crippen LogP contribution is 2.28. The second-order valence-corrected chi connectivity index (χ2v) is 10.3. The van der Waals surface area contributed by atoms with E-state index in [-0.39, 0.29) is 27.4 Å². The van der Waals surface area contributed by atoms with Crippen molar-refractivity contribution in [2.24, 2.45) is 0 Å². The number of thioether (sulfide) groups is 1. The smallest absolute Gasteiger partial charge is 0.251 e. The summed E-state index contributed by atoms with van der Waals surface area (Å²) < 4.78 is 27.4. The molecule has 0 spiro atoms. The van der Waals surface area contributed by atoms with E-state index in [4.69, 9.17) is 11.6 Å². The maximum atomic E-state index is 13.0. The number of nitrogens with one attached hydrogen (secondary N) is 1. The van der Waals surface area contributed by atoms with E-state index in [1.54, 1.807) is 17.8 Å². The number of amides is 1. The van der Waals surface area contributed by atoms with Crippen LogP contribution in [0.2, 0.25) is 5.02 Å². The summed E-state index contributed by atoms with van der Waals surface area (Å²) in [6.07, 6.45) is 4.71. The molecule has 0 radical (unpaired) electrons. The fourth-order valence-electron chi connectivity index (χ4n) is 3.34. The maximum Gasteiger partial charge on any atom is 0.251 e. The molecule has 2 aromatic carbocycles. The number of piperidine rings is 1. The van der Waals surface area contributed by atoms with Crippen molar-refractivity contribution in [2.45, 2.75) is 42.0 Å².